The highest BCUT2D eigenvalue weighted by atomic mass is 32.1. The van der Waals surface area contributed by atoms with E-state index in [1.807, 2.05) is 54.9 Å². The average Bonchev–Trinajstić information content (AvgIpc) is 3.38. The number of anilines is 1. The van der Waals surface area contributed by atoms with Gasteiger partial charge in [-0.1, -0.05) is 20.8 Å². The Balaban J connectivity index is 1.63. The minimum Gasteiger partial charge on any atom is -0.360 e. The summed E-state index contributed by atoms with van der Waals surface area (Å²) < 4.78 is 0. The number of H-pyrrole nitrogens is 2. The molecule has 1 aromatic carbocycles. The molecule has 3 heterocycles. The van der Waals surface area contributed by atoms with Gasteiger partial charge in [-0.15, -0.1) is 0 Å². The Hall–Kier alpha value is -3.19. The lowest BCUT2D eigenvalue weighted by molar-refractivity contribution is 0.268. The van der Waals surface area contributed by atoms with Crippen molar-refractivity contribution in [3.05, 3.63) is 54.9 Å². The van der Waals surface area contributed by atoms with Crippen molar-refractivity contribution in [3.63, 3.8) is 0 Å². The number of thiocarbonyl (C=S) groups is 1. The number of fused-ring (bicyclic) bond motifs is 1. The maximum absolute atomic E-state index is 5.59. The molecule has 4 aromatic rings. The molecule has 0 fully saturated rings. The van der Waals surface area contributed by atoms with E-state index in [1.165, 1.54) is 0 Å². The highest BCUT2D eigenvalue weighted by molar-refractivity contribution is 7.80. The number of benzene rings is 1. The Kier molecular flexibility index (Phi) is 5.77. The van der Waals surface area contributed by atoms with Gasteiger partial charge in [0.05, 0.1) is 22.4 Å². The van der Waals surface area contributed by atoms with Crippen LogP contribution in [0.3, 0.4) is 0 Å². The largest absolute Gasteiger partial charge is 0.360 e. The van der Waals surface area contributed by atoms with Crippen molar-refractivity contribution in [1.82, 2.24) is 25.3 Å². The fourth-order valence-corrected chi connectivity index (χ4v) is 4.70. The van der Waals surface area contributed by atoms with E-state index in [0.29, 0.717) is 5.11 Å². The van der Waals surface area contributed by atoms with Crippen LogP contribution < -0.4 is 10.6 Å². The summed E-state index contributed by atoms with van der Waals surface area (Å²) in [7, 11) is 0. The van der Waals surface area contributed by atoms with Crippen LogP contribution in [0.2, 0.25) is 0 Å². The van der Waals surface area contributed by atoms with Gasteiger partial charge in [-0.2, -0.15) is 0 Å². The lowest BCUT2D eigenvalue weighted by Crippen LogP contribution is -2.47. The first-order valence-corrected chi connectivity index (χ1v) is 11.2. The number of rotatable bonds is 5. The normalized spacial score (nSPS) is 12.2. The van der Waals surface area contributed by atoms with Crippen LogP contribution in [0.1, 0.15) is 41.0 Å². The van der Waals surface area contributed by atoms with Gasteiger partial charge in [-0.05, 0) is 80.4 Å². The first kappa shape index (κ1) is 22.0. The van der Waals surface area contributed by atoms with E-state index in [-0.39, 0.29) is 11.0 Å². The minimum atomic E-state index is -0.120. The standard InChI is InChI=1S/C25H30N6S/c1-24(2,3)15-25(4,5)31-23(32)28-16-10-11-17-20(14-16)30-22(19-9-7-13-27-19)21(29-17)18-8-6-12-26-18/h6-14,26-27H,15H2,1-5H3,(H2,28,31,32). The summed E-state index contributed by atoms with van der Waals surface area (Å²) in [5.74, 6) is 0. The Morgan fingerprint density at radius 3 is 2.00 bits per heavy atom. The van der Waals surface area contributed by atoms with Crippen LogP contribution in [-0.4, -0.2) is 30.6 Å². The average molecular weight is 447 g/mol. The van der Waals surface area contributed by atoms with Crippen molar-refractivity contribution in [1.29, 1.82) is 0 Å². The van der Waals surface area contributed by atoms with E-state index in [2.05, 4.69) is 55.2 Å². The third-order valence-corrected chi connectivity index (χ3v) is 5.26. The van der Waals surface area contributed by atoms with Gasteiger partial charge in [0.15, 0.2) is 5.11 Å². The van der Waals surface area contributed by atoms with Crippen LogP contribution in [0.5, 0.6) is 0 Å². The quantitative estimate of drug-likeness (QED) is 0.278. The van der Waals surface area contributed by atoms with Crippen LogP contribution in [-0.2, 0) is 0 Å². The Bertz CT molecular complexity index is 1220. The maximum Gasteiger partial charge on any atom is 0.171 e. The van der Waals surface area contributed by atoms with E-state index < -0.39 is 0 Å². The molecule has 0 unspecified atom stereocenters. The van der Waals surface area contributed by atoms with Crippen molar-refractivity contribution < 1.29 is 0 Å². The second kappa shape index (κ2) is 8.39. The number of nitrogens with one attached hydrogen (secondary N) is 4. The Labute approximate surface area is 194 Å². The molecular weight excluding hydrogens is 416 g/mol. The zero-order valence-corrected chi connectivity index (χ0v) is 20.0. The molecule has 0 aliphatic rings. The monoisotopic (exact) mass is 446 g/mol. The van der Waals surface area contributed by atoms with Crippen molar-refractivity contribution in [3.8, 4) is 22.8 Å². The SMILES string of the molecule is CC(C)(C)CC(C)(C)NC(=S)Nc1ccc2nc(-c3ccc[nH]3)c(-c3ccc[nH]3)nc2c1. The molecular formula is C25H30N6S. The van der Waals surface area contributed by atoms with Gasteiger partial charge in [-0.3, -0.25) is 0 Å². The molecule has 166 valence electrons. The number of aromatic nitrogens is 4. The van der Waals surface area contributed by atoms with Crippen LogP contribution in [0, 0.1) is 5.41 Å². The first-order chi connectivity index (χ1) is 15.1. The van der Waals surface area contributed by atoms with Crippen LogP contribution in [0.15, 0.2) is 54.9 Å². The lowest BCUT2D eigenvalue weighted by atomic mass is 9.82. The molecule has 0 radical (unpaired) electrons. The van der Waals surface area contributed by atoms with Gasteiger partial charge in [0.2, 0.25) is 0 Å². The molecule has 4 rings (SSSR count). The van der Waals surface area contributed by atoms with E-state index in [9.17, 15) is 0 Å². The topological polar surface area (TPSA) is 81.4 Å². The zero-order chi connectivity index (χ0) is 22.9. The van der Waals surface area contributed by atoms with Gasteiger partial charge in [0.1, 0.15) is 11.4 Å². The van der Waals surface area contributed by atoms with Gasteiger partial charge in [-0.25, -0.2) is 9.97 Å². The van der Waals surface area contributed by atoms with Gasteiger partial charge in [0.25, 0.3) is 0 Å². The molecule has 0 aliphatic heterocycles. The van der Waals surface area contributed by atoms with Gasteiger partial charge in [0, 0.05) is 23.6 Å². The summed E-state index contributed by atoms with van der Waals surface area (Å²) in [6.07, 6.45) is 4.77. The second-order valence-electron chi connectivity index (χ2n) is 9.99. The van der Waals surface area contributed by atoms with E-state index in [4.69, 9.17) is 22.2 Å². The van der Waals surface area contributed by atoms with Crippen molar-refractivity contribution in [2.75, 3.05) is 5.32 Å². The number of nitrogens with zero attached hydrogens (tertiary/aromatic N) is 2. The fourth-order valence-electron chi connectivity index (χ4n) is 4.30. The molecule has 6 nitrogen and oxygen atoms in total. The maximum atomic E-state index is 5.59. The molecule has 0 bridgehead atoms. The molecule has 0 amide bonds. The Morgan fingerprint density at radius 2 is 1.47 bits per heavy atom. The Morgan fingerprint density at radius 1 is 0.875 bits per heavy atom. The molecule has 0 saturated heterocycles. The summed E-state index contributed by atoms with van der Waals surface area (Å²) in [4.78, 5) is 16.3. The zero-order valence-electron chi connectivity index (χ0n) is 19.2. The highest BCUT2D eigenvalue weighted by Gasteiger charge is 2.26. The van der Waals surface area contributed by atoms with Crippen LogP contribution in [0.25, 0.3) is 33.8 Å². The summed E-state index contributed by atoms with van der Waals surface area (Å²) in [6.45, 7) is 11.0. The molecule has 32 heavy (non-hydrogen) atoms. The van der Waals surface area contributed by atoms with E-state index in [1.54, 1.807) is 0 Å². The smallest absolute Gasteiger partial charge is 0.171 e. The molecule has 3 aromatic heterocycles. The van der Waals surface area contributed by atoms with E-state index >= 15 is 0 Å². The first-order valence-electron chi connectivity index (χ1n) is 10.8. The minimum absolute atomic E-state index is 0.120. The predicted molar refractivity (Wildman–Crippen MR) is 137 cm³/mol. The van der Waals surface area contributed by atoms with Crippen molar-refractivity contribution in [2.45, 2.75) is 46.6 Å². The summed E-state index contributed by atoms with van der Waals surface area (Å²) in [5.41, 5.74) is 6.04. The summed E-state index contributed by atoms with van der Waals surface area (Å²) >= 11 is 5.59. The number of aromatic amines is 2. The molecule has 0 atom stereocenters. The number of hydrogen-bond donors (Lipinski definition) is 4. The fraction of sp³-hybridized carbons (Fsp3) is 0.320. The lowest BCUT2D eigenvalue weighted by Gasteiger charge is -2.34. The van der Waals surface area contributed by atoms with Gasteiger partial charge >= 0.3 is 0 Å². The molecule has 7 heteroatoms. The molecule has 4 N–H and O–H groups in total. The third-order valence-electron chi connectivity index (χ3n) is 5.05. The predicted octanol–water partition coefficient (Wildman–Crippen LogP) is 6.12. The summed E-state index contributed by atoms with van der Waals surface area (Å²) in [5, 5.41) is 7.35. The summed E-state index contributed by atoms with van der Waals surface area (Å²) in [6, 6.07) is 13.9. The number of hydrogen-bond acceptors (Lipinski definition) is 3. The molecule has 0 spiro atoms. The van der Waals surface area contributed by atoms with Gasteiger partial charge < -0.3 is 20.6 Å². The van der Waals surface area contributed by atoms with Crippen molar-refractivity contribution in [2.24, 2.45) is 5.41 Å². The van der Waals surface area contributed by atoms with Crippen LogP contribution >= 0.6 is 12.2 Å². The van der Waals surface area contributed by atoms with E-state index in [0.717, 1.165) is 45.9 Å². The third kappa shape index (κ3) is 5.16. The molecule has 0 saturated carbocycles. The molecule has 0 aliphatic carbocycles. The highest BCUT2D eigenvalue weighted by Crippen LogP contribution is 2.30. The second-order valence-corrected chi connectivity index (χ2v) is 10.4. The van der Waals surface area contributed by atoms with Crippen molar-refractivity contribution >= 4 is 34.1 Å². The van der Waals surface area contributed by atoms with Crippen LogP contribution in [0.4, 0.5) is 5.69 Å².